The lowest BCUT2D eigenvalue weighted by Crippen LogP contribution is -2.25. The summed E-state index contributed by atoms with van der Waals surface area (Å²) in [6.45, 7) is 5.51. The van der Waals surface area contributed by atoms with Gasteiger partial charge in [0.1, 0.15) is 5.69 Å². The zero-order valence-electron chi connectivity index (χ0n) is 14.4. The Morgan fingerprint density at radius 2 is 1.72 bits per heavy atom. The quantitative estimate of drug-likeness (QED) is 0.528. The number of carbonyl (C=O) groups excluding carboxylic acids is 2. The van der Waals surface area contributed by atoms with Crippen molar-refractivity contribution in [1.82, 2.24) is 4.98 Å². The van der Waals surface area contributed by atoms with Crippen molar-refractivity contribution in [3.63, 3.8) is 0 Å². The second-order valence-electron chi connectivity index (χ2n) is 6.10. The van der Waals surface area contributed by atoms with Crippen LogP contribution in [-0.2, 0) is 4.74 Å². The van der Waals surface area contributed by atoms with Crippen LogP contribution in [0.5, 0.6) is 0 Å². The first-order valence-electron chi connectivity index (χ1n) is 8.14. The molecule has 0 aliphatic carbocycles. The number of ether oxygens (including phenoxy) is 1. The number of aryl methyl sites for hydroxylation is 2. The Balaban J connectivity index is 1.76. The molecule has 0 fully saturated rings. The van der Waals surface area contributed by atoms with Gasteiger partial charge < -0.3 is 4.74 Å². The van der Waals surface area contributed by atoms with Crippen molar-refractivity contribution >= 4 is 22.7 Å². The molecule has 2 aromatic carbocycles. The number of fused-ring (bicyclic) bond motifs is 1. The van der Waals surface area contributed by atoms with Gasteiger partial charge in [0.2, 0.25) is 5.78 Å². The number of hydrogen-bond donors (Lipinski definition) is 0. The van der Waals surface area contributed by atoms with Crippen molar-refractivity contribution in [2.45, 2.75) is 26.9 Å². The van der Waals surface area contributed by atoms with E-state index in [1.807, 2.05) is 56.3 Å². The molecule has 0 spiro atoms. The minimum absolute atomic E-state index is 0.193. The van der Waals surface area contributed by atoms with Gasteiger partial charge in [-0.2, -0.15) is 0 Å². The van der Waals surface area contributed by atoms with E-state index in [9.17, 15) is 9.59 Å². The number of rotatable bonds is 4. The number of aromatic nitrogens is 1. The fraction of sp³-hybridized carbons (Fsp3) is 0.190. The van der Waals surface area contributed by atoms with Crippen LogP contribution in [0.2, 0.25) is 0 Å². The lowest BCUT2D eigenvalue weighted by atomic mass is 10.0. The van der Waals surface area contributed by atoms with Gasteiger partial charge in [0.25, 0.3) is 0 Å². The Kier molecular flexibility index (Phi) is 4.61. The molecule has 0 amide bonds. The highest BCUT2D eigenvalue weighted by molar-refractivity contribution is 6.01. The average Bonchev–Trinajstić information content (AvgIpc) is 2.62. The SMILES string of the molecule is Cc1ccc(C(=O)[C@H](C)OC(=O)c2ccc3ccccc3n2)cc1C. The van der Waals surface area contributed by atoms with Crippen LogP contribution in [0, 0.1) is 13.8 Å². The van der Waals surface area contributed by atoms with E-state index in [1.165, 1.54) is 0 Å². The summed E-state index contributed by atoms with van der Waals surface area (Å²) in [5, 5.41) is 0.943. The van der Waals surface area contributed by atoms with Gasteiger partial charge in [-0.1, -0.05) is 36.4 Å². The summed E-state index contributed by atoms with van der Waals surface area (Å²) < 4.78 is 5.32. The van der Waals surface area contributed by atoms with E-state index in [0.29, 0.717) is 11.1 Å². The minimum atomic E-state index is -0.872. The third-order valence-corrected chi connectivity index (χ3v) is 4.25. The predicted octanol–water partition coefficient (Wildman–Crippen LogP) is 4.28. The topological polar surface area (TPSA) is 56.3 Å². The van der Waals surface area contributed by atoms with E-state index in [4.69, 9.17) is 4.74 Å². The number of carbonyl (C=O) groups is 2. The number of nitrogens with zero attached hydrogens (tertiary/aromatic N) is 1. The number of hydrogen-bond acceptors (Lipinski definition) is 4. The summed E-state index contributed by atoms with van der Waals surface area (Å²) in [6.07, 6.45) is -0.872. The van der Waals surface area contributed by atoms with Crippen molar-refractivity contribution in [2.75, 3.05) is 0 Å². The standard InChI is InChI=1S/C21H19NO3/c1-13-8-9-17(12-14(13)2)20(23)15(3)25-21(24)19-11-10-16-6-4-5-7-18(16)22-19/h4-12,15H,1-3H3/t15-/m0/s1. The van der Waals surface area contributed by atoms with Crippen molar-refractivity contribution in [3.05, 3.63) is 77.0 Å². The van der Waals surface area contributed by atoms with Gasteiger partial charge in [-0.25, -0.2) is 9.78 Å². The Morgan fingerprint density at radius 1 is 0.960 bits per heavy atom. The molecule has 1 heterocycles. The zero-order valence-corrected chi connectivity index (χ0v) is 14.4. The molecular formula is C21H19NO3. The maximum absolute atomic E-state index is 12.5. The number of pyridine rings is 1. The molecule has 0 radical (unpaired) electrons. The minimum Gasteiger partial charge on any atom is -0.450 e. The fourth-order valence-corrected chi connectivity index (χ4v) is 2.58. The van der Waals surface area contributed by atoms with Crippen molar-refractivity contribution in [2.24, 2.45) is 0 Å². The summed E-state index contributed by atoms with van der Waals surface area (Å²) in [6, 6.07) is 16.4. The van der Waals surface area contributed by atoms with Crippen LogP contribution in [0.4, 0.5) is 0 Å². The summed E-state index contributed by atoms with van der Waals surface area (Å²) in [5.41, 5.74) is 3.58. The first kappa shape index (κ1) is 16.8. The van der Waals surface area contributed by atoms with E-state index in [0.717, 1.165) is 16.5 Å². The highest BCUT2D eigenvalue weighted by Crippen LogP contribution is 2.15. The van der Waals surface area contributed by atoms with Gasteiger partial charge in [-0.15, -0.1) is 0 Å². The number of para-hydroxylation sites is 1. The Hall–Kier alpha value is -3.01. The molecule has 0 bridgehead atoms. The van der Waals surface area contributed by atoms with Gasteiger partial charge in [-0.05, 0) is 50.1 Å². The molecule has 3 aromatic rings. The molecule has 126 valence electrons. The molecule has 0 N–H and O–H groups in total. The second-order valence-corrected chi connectivity index (χ2v) is 6.10. The van der Waals surface area contributed by atoms with E-state index in [2.05, 4.69) is 4.98 Å². The van der Waals surface area contributed by atoms with Crippen LogP contribution in [0.1, 0.15) is 38.9 Å². The lowest BCUT2D eigenvalue weighted by Gasteiger charge is -2.13. The van der Waals surface area contributed by atoms with Crippen LogP contribution < -0.4 is 0 Å². The molecule has 3 rings (SSSR count). The van der Waals surface area contributed by atoms with Crippen LogP contribution in [0.25, 0.3) is 10.9 Å². The molecular weight excluding hydrogens is 314 g/mol. The molecule has 1 atom stereocenters. The smallest absolute Gasteiger partial charge is 0.357 e. The molecule has 4 nitrogen and oxygen atoms in total. The van der Waals surface area contributed by atoms with Gasteiger partial charge in [-0.3, -0.25) is 4.79 Å². The second kappa shape index (κ2) is 6.85. The molecule has 25 heavy (non-hydrogen) atoms. The molecule has 0 unspecified atom stereocenters. The van der Waals surface area contributed by atoms with Crippen molar-refractivity contribution < 1.29 is 14.3 Å². The predicted molar refractivity (Wildman–Crippen MR) is 96.9 cm³/mol. The number of ketones is 1. The van der Waals surface area contributed by atoms with E-state index in [-0.39, 0.29) is 11.5 Å². The summed E-state index contributed by atoms with van der Waals surface area (Å²) in [7, 11) is 0. The molecule has 4 heteroatoms. The van der Waals surface area contributed by atoms with E-state index >= 15 is 0 Å². The molecule has 0 saturated carbocycles. The highest BCUT2D eigenvalue weighted by atomic mass is 16.5. The third-order valence-electron chi connectivity index (χ3n) is 4.25. The average molecular weight is 333 g/mol. The number of Topliss-reactive ketones (excluding diaryl/α,β-unsaturated/α-hetero) is 1. The largest absolute Gasteiger partial charge is 0.450 e. The van der Waals surface area contributed by atoms with Crippen molar-refractivity contribution in [1.29, 1.82) is 0 Å². The molecule has 0 aliphatic heterocycles. The molecule has 0 aliphatic rings. The molecule has 0 saturated heterocycles. The highest BCUT2D eigenvalue weighted by Gasteiger charge is 2.21. The number of benzene rings is 2. The third kappa shape index (κ3) is 3.58. The number of esters is 1. The molecule has 1 aromatic heterocycles. The Morgan fingerprint density at radius 3 is 2.48 bits per heavy atom. The van der Waals surface area contributed by atoms with Gasteiger partial charge in [0.05, 0.1) is 5.52 Å². The van der Waals surface area contributed by atoms with Gasteiger partial charge in [0, 0.05) is 10.9 Å². The lowest BCUT2D eigenvalue weighted by molar-refractivity contribution is 0.0313. The van der Waals surface area contributed by atoms with E-state index in [1.54, 1.807) is 19.1 Å². The summed E-state index contributed by atoms with van der Waals surface area (Å²) >= 11 is 0. The monoisotopic (exact) mass is 333 g/mol. The van der Waals surface area contributed by atoms with Crippen molar-refractivity contribution in [3.8, 4) is 0 Å². The maximum Gasteiger partial charge on any atom is 0.357 e. The Bertz CT molecular complexity index is 962. The van der Waals surface area contributed by atoms with Crippen LogP contribution in [0.3, 0.4) is 0 Å². The summed E-state index contributed by atoms with van der Waals surface area (Å²) in [4.78, 5) is 29.1. The van der Waals surface area contributed by atoms with Gasteiger partial charge >= 0.3 is 5.97 Å². The van der Waals surface area contributed by atoms with Crippen LogP contribution in [-0.4, -0.2) is 22.8 Å². The van der Waals surface area contributed by atoms with Gasteiger partial charge in [0.15, 0.2) is 6.10 Å². The fourth-order valence-electron chi connectivity index (χ4n) is 2.58. The zero-order chi connectivity index (χ0) is 18.0. The summed E-state index contributed by atoms with van der Waals surface area (Å²) in [5.74, 6) is -0.826. The normalized spacial score (nSPS) is 12.0. The van der Waals surface area contributed by atoms with Crippen LogP contribution >= 0.6 is 0 Å². The first-order chi connectivity index (χ1) is 12.0. The first-order valence-corrected chi connectivity index (χ1v) is 8.14. The van der Waals surface area contributed by atoms with E-state index < -0.39 is 12.1 Å². The Labute approximate surface area is 146 Å². The maximum atomic E-state index is 12.5. The van der Waals surface area contributed by atoms with Crippen LogP contribution in [0.15, 0.2) is 54.6 Å².